The number of nitro groups is 1. The fourth-order valence-electron chi connectivity index (χ4n) is 2.48. The van der Waals surface area contributed by atoms with Crippen LogP contribution in [0.2, 0.25) is 5.02 Å². The minimum atomic E-state index is -0.528. The maximum Gasteiger partial charge on any atom is 0.288 e. The van der Waals surface area contributed by atoms with Crippen LogP contribution < -0.4 is 0 Å². The smallest absolute Gasteiger partial charge is 0.258 e. The molecule has 0 saturated carbocycles. The van der Waals surface area contributed by atoms with Gasteiger partial charge in [-0.25, -0.2) is 4.99 Å². The van der Waals surface area contributed by atoms with Crippen molar-refractivity contribution in [2.75, 3.05) is 0 Å². The van der Waals surface area contributed by atoms with E-state index in [0.717, 1.165) is 24.8 Å². The van der Waals surface area contributed by atoms with Gasteiger partial charge in [-0.3, -0.25) is 10.1 Å². The number of hydrogen-bond acceptors (Lipinski definition) is 5. The largest absolute Gasteiger partial charge is 0.288 e. The lowest BCUT2D eigenvalue weighted by Crippen LogP contribution is -1.91. The first-order chi connectivity index (χ1) is 10.6. The zero-order valence-corrected chi connectivity index (χ0v) is 12.9. The van der Waals surface area contributed by atoms with Gasteiger partial charge < -0.3 is 0 Å². The molecule has 0 aliphatic heterocycles. The van der Waals surface area contributed by atoms with Crippen molar-refractivity contribution in [1.82, 2.24) is 0 Å². The van der Waals surface area contributed by atoms with Crippen LogP contribution in [0.15, 0.2) is 23.2 Å². The van der Waals surface area contributed by atoms with Crippen molar-refractivity contribution in [3.05, 3.63) is 54.9 Å². The summed E-state index contributed by atoms with van der Waals surface area (Å²) in [6, 6.07) is 6.72. The Labute approximate surface area is 135 Å². The summed E-state index contributed by atoms with van der Waals surface area (Å²) in [5, 5.41) is 20.9. The van der Waals surface area contributed by atoms with Gasteiger partial charge in [-0.15, -0.1) is 11.3 Å². The van der Waals surface area contributed by atoms with E-state index >= 15 is 0 Å². The average molecular weight is 332 g/mol. The zero-order chi connectivity index (χ0) is 15.7. The highest BCUT2D eigenvalue weighted by Gasteiger charge is 2.21. The molecule has 0 amide bonds. The van der Waals surface area contributed by atoms with E-state index in [-0.39, 0.29) is 10.7 Å². The number of nitriles is 1. The average Bonchev–Trinajstić information content (AvgIpc) is 3.06. The predicted molar refractivity (Wildman–Crippen MR) is 86.4 cm³/mol. The first-order valence-corrected chi connectivity index (χ1v) is 7.82. The predicted octanol–water partition coefficient (Wildman–Crippen LogP) is 4.42. The molecule has 0 spiro atoms. The van der Waals surface area contributed by atoms with Crippen LogP contribution in [0.3, 0.4) is 0 Å². The quantitative estimate of drug-likeness (QED) is 0.474. The Morgan fingerprint density at radius 2 is 2.27 bits per heavy atom. The molecule has 0 saturated heterocycles. The van der Waals surface area contributed by atoms with E-state index < -0.39 is 4.92 Å². The van der Waals surface area contributed by atoms with Crippen LogP contribution in [0.1, 0.15) is 28.0 Å². The normalized spacial score (nSPS) is 13.3. The van der Waals surface area contributed by atoms with Crippen LogP contribution >= 0.6 is 22.9 Å². The van der Waals surface area contributed by atoms with Crippen molar-refractivity contribution < 1.29 is 4.92 Å². The van der Waals surface area contributed by atoms with Gasteiger partial charge in [-0.1, -0.05) is 17.7 Å². The summed E-state index contributed by atoms with van der Waals surface area (Å²) >= 11 is 7.31. The summed E-state index contributed by atoms with van der Waals surface area (Å²) in [6.45, 7) is 0. The molecule has 1 aliphatic rings. The van der Waals surface area contributed by atoms with Crippen LogP contribution in [0.25, 0.3) is 0 Å². The number of thiophene rings is 1. The number of benzene rings is 1. The van der Waals surface area contributed by atoms with Gasteiger partial charge >= 0.3 is 0 Å². The molecule has 3 rings (SSSR count). The number of hydrogen-bond donors (Lipinski definition) is 0. The number of rotatable bonds is 3. The lowest BCUT2D eigenvalue weighted by molar-refractivity contribution is -0.384. The van der Waals surface area contributed by atoms with Gasteiger partial charge in [0.1, 0.15) is 16.1 Å². The van der Waals surface area contributed by atoms with Gasteiger partial charge in [-0.2, -0.15) is 5.26 Å². The van der Waals surface area contributed by atoms with E-state index in [1.807, 2.05) is 0 Å². The molecule has 1 heterocycles. The lowest BCUT2D eigenvalue weighted by atomic mass is 10.1. The summed E-state index contributed by atoms with van der Waals surface area (Å²) < 4.78 is 0. The minimum absolute atomic E-state index is 0.0926. The Bertz CT molecular complexity index is 836. The Morgan fingerprint density at radius 3 is 3.00 bits per heavy atom. The van der Waals surface area contributed by atoms with Crippen molar-refractivity contribution in [3.63, 3.8) is 0 Å². The van der Waals surface area contributed by atoms with Gasteiger partial charge in [0.25, 0.3) is 5.69 Å². The van der Waals surface area contributed by atoms with Crippen LogP contribution in [0.4, 0.5) is 10.7 Å². The number of fused-ring (bicyclic) bond motifs is 1. The summed E-state index contributed by atoms with van der Waals surface area (Å²) in [6.07, 6.45) is 4.54. The highest BCUT2D eigenvalue weighted by atomic mass is 35.5. The second-order valence-corrected chi connectivity index (χ2v) is 6.37. The molecule has 0 radical (unpaired) electrons. The monoisotopic (exact) mass is 331 g/mol. The number of nitro benzene ring substituents is 1. The molecule has 5 nitrogen and oxygen atoms in total. The third kappa shape index (κ3) is 2.61. The first-order valence-electron chi connectivity index (χ1n) is 6.63. The Morgan fingerprint density at radius 1 is 1.45 bits per heavy atom. The molecule has 0 N–H and O–H groups in total. The van der Waals surface area contributed by atoms with Gasteiger partial charge in [-0.05, 0) is 36.5 Å². The van der Waals surface area contributed by atoms with Gasteiger partial charge in [0.15, 0.2) is 0 Å². The number of aliphatic imine (C=N–C) groups is 1. The third-order valence-electron chi connectivity index (χ3n) is 3.51. The minimum Gasteiger partial charge on any atom is -0.258 e. The molecule has 1 aliphatic carbocycles. The summed E-state index contributed by atoms with van der Waals surface area (Å²) in [5.41, 5.74) is 2.17. The molecular weight excluding hydrogens is 322 g/mol. The summed E-state index contributed by atoms with van der Waals surface area (Å²) in [7, 11) is 0. The van der Waals surface area contributed by atoms with Crippen molar-refractivity contribution >= 4 is 39.8 Å². The number of nitrogens with zero attached hydrogens (tertiary/aromatic N) is 3. The maximum absolute atomic E-state index is 10.9. The molecule has 22 heavy (non-hydrogen) atoms. The van der Waals surface area contributed by atoms with E-state index in [0.29, 0.717) is 16.1 Å². The molecule has 0 atom stereocenters. The van der Waals surface area contributed by atoms with Crippen molar-refractivity contribution in [3.8, 4) is 6.07 Å². The van der Waals surface area contributed by atoms with Crippen LogP contribution in [-0.4, -0.2) is 11.1 Å². The van der Waals surface area contributed by atoms with E-state index in [4.69, 9.17) is 11.6 Å². The Balaban J connectivity index is 1.94. The third-order valence-corrected chi connectivity index (χ3v) is 5.03. The van der Waals surface area contributed by atoms with E-state index in [9.17, 15) is 15.4 Å². The first kappa shape index (κ1) is 14.7. The van der Waals surface area contributed by atoms with E-state index in [1.54, 1.807) is 6.07 Å². The summed E-state index contributed by atoms with van der Waals surface area (Å²) in [5.74, 6) is 0. The van der Waals surface area contributed by atoms with Gasteiger partial charge in [0.2, 0.25) is 0 Å². The molecule has 2 aromatic rings. The van der Waals surface area contributed by atoms with Gasteiger partial charge in [0.05, 0.1) is 10.5 Å². The van der Waals surface area contributed by atoms with Crippen molar-refractivity contribution in [2.45, 2.75) is 19.3 Å². The molecule has 110 valence electrons. The lowest BCUT2D eigenvalue weighted by Gasteiger charge is -1.97. The topological polar surface area (TPSA) is 79.3 Å². The number of halogens is 1. The van der Waals surface area contributed by atoms with E-state index in [1.165, 1.54) is 34.6 Å². The fourth-order valence-corrected chi connectivity index (χ4v) is 3.85. The standard InChI is InChI=1S/C15H10ClN3O2S/c16-12-5-4-9(6-13(12)19(20)21)8-18-15-11(7-17)10-2-1-3-14(10)22-15/h4-6,8H,1-3H2/b18-8+. The van der Waals surface area contributed by atoms with Crippen molar-refractivity contribution in [2.24, 2.45) is 4.99 Å². The second kappa shape index (κ2) is 5.87. The van der Waals surface area contributed by atoms with Crippen LogP contribution in [0.5, 0.6) is 0 Å². The van der Waals surface area contributed by atoms with Crippen LogP contribution in [0, 0.1) is 21.4 Å². The van der Waals surface area contributed by atoms with Crippen molar-refractivity contribution in [1.29, 1.82) is 5.26 Å². The Hall–Kier alpha value is -2.23. The second-order valence-electron chi connectivity index (χ2n) is 4.88. The molecule has 7 heteroatoms. The zero-order valence-electron chi connectivity index (χ0n) is 11.4. The molecular formula is C15H10ClN3O2S. The van der Waals surface area contributed by atoms with E-state index in [2.05, 4.69) is 11.1 Å². The molecule has 1 aromatic carbocycles. The Kier molecular flexibility index (Phi) is 3.92. The van der Waals surface area contributed by atoms with Crippen LogP contribution in [-0.2, 0) is 12.8 Å². The fraction of sp³-hybridized carbons (Fsp3) is 0.200. The van der Waals surface area contributed by atoms with Gasteiger partial charge in [0, 0.05) is 17.2 Å². The molecule has 0 fully saturated rings. The molecule has 0 bridgehead atoms. The molecule has 0 unspecified atom stereocenters. The number of aryl methyl sites for hydroxylation is 1. The highest BCUT2D eigenvalue weighted by molar-refractivity contribution is 7.16. The maximum atomic E-state index is 10.9. The highest BCUT2D eigenvalue weighted by Crippen LogP contribution is 2.40. The molecule has 1 aromatic heterocycles. The summed E-state index contributed by atoms with van der Waals surface area (Å²) in [4.78, 5) is 15.9. The SMILES string of the molecule is N#Cc1c(/N=C/c2ccc(Cl)c([N+](=O)[O-])c2)sc2c1CCC2.